The number of aliphatic hydroxyl groups excluding tert-OH is 1. The summed E-state index contributed by atoms with van der Waals surface area (Å²) in [6.45, 7) is 0.346. The topological polar surface area (TPSA) is 130 Å². The lowest BCUT2D eigenvalue weighted by Gasteiger charge is -2.36. The summed E-state index contributed by atoms with van der Waals surface area (Å²) >= 11 is 1.66. The van der Waals surface area contributed by atoms with Gasteiger partial charge in [0.25, 0.3) is 0 Å². The summed E-state index contributed by atoms with van der Waals surface area (Å²) in [5, 5.41) is 22.0. The molecule has 0 aliphatic carbocycles. The normalized spacial score (nSPS) is 17.9. The van der Waals surface area contributed by atoms with Crippen LogP contribution in [0, 0.1) is 0 Å². The van der Waals surface area contributed by atoms with Crippen molar-refractivity contribution in [1.82, 2.24) is 15.8 Å². The van der Waals surface area contributed by atoms with Gasteiger partial charge in [0.15, 0.2) is 6.29 Å². The van der Waals surface area contributed by atoms with Crippen molar-refractivity contribution in [1.29, 1.82) is 0 Å². The molecule has 3 atom stereocenters. The smallest absolute Gasteiger partial charge is 0.243 e. The fraction of sp³-hybridized carbons (Fsp3) is 0.286. The molecule has 0 unspecified atom stereocenters. The largest absolute Gasteiger partial charge is 0.392 e. The van der Waals surface area contributed by atoms with Crippen molar-refractivity contribution in [2.75, 3.05) is 5.75 Å². The third kappa shape index (κ3) is 9.23. The van der Waals surface area contributed by atoms with Crippen LogP contribution >= 0.6 is 11.8 Å². The first-order valence-electron chi connectivity index (χ1n) is 14.9. The maximum absolute atomic E-state index is 12.3. The lowest BCUT2D eigenvalue weighted by atomic mass is 9.97. The molecule has 3 aromatic carbocycles. The van der Waals surface area contributed by atoms with E-state index in [1.807, 2.05) is 91.0 Å². The number of benzene rings is 3. The second kappa shape index (κ2) is 16.3. The van der Waals surface area contributed by atoms with Crippen LogP contribution in [0.15, 0.2) is 102 Å². The molecule has 2 amide bonds. The van der Waals surface area contributed by atoms with Gasteiger partial charge in [0, 0.05) is 43.3 Å². The predicted octanol–water partition coefficient (Wildman–Crippen LogP) is 5.87. The highest BCUT2D eigenvalue weighted by atomic mass is 32.2. The van der Waals surface area contributed by atoms with Gasteiger partial charge >= 0.3 is 0 Å². The number of ether oxygens (including phenoxy) is 2. The van der Waals surface area contributed by atoms with Crippen molar-refractivity contribution in [2.45, 2.75) is 62.4 Å². The van der Waals surface area contributed by atoms with Gasteiger partial charge in [-0.15, -0.1) is 11.8 Å². The van der Waals surface area contributed by atoms with Gasteiger partial charge in [-0.3, -0.25) is 14.8 Å². The number of aromatic nitrogens is 1. The fourth-order valence-corrected chi connectivity index (χ4v) is 6.04. The summed E-state index contributed by atoms with van der Waals surface area (Å²) in [5.74, 6) is 0.0639. The van der Waals surface area contributed by atoms with E-state index in [0.29, 0.717) is 19.4 Å². The second-order valence-corrected chi connectivity index (χ2v) is 11.8. The summed E-state index contributed by atoms with van der Waals surface area (Å²) in [6.07, 6.45) is 2.31. The number of hydrogen-bond acceptors (Lipinski definition) is 8. The average molecular weight is 628 g/mol. The van der Waals surface area contributed by atoms with Gasteiger partial charge in [-0.1, -0.05) is 78.9 Å². The highest BCUT2D eigenvalue weighted by Gasteiger charge is 2.32. The molecule has 1 fully saturated rings. The number of nitrogens with one attached hydrogen (secondary N) is 2. The first-order valence-corrected chi connectivity index (χ1v) is 15.9. The molecule has 9 nitrogen and oxygen atoms in total. The minimum Gasteiger partial charge on any atom is -0.392 e. The zero-order valence-corrected chi connectivity index (χ0v) is 25.6. The number of thioether (sulfide) groups is 1. The van der Waals surface area contributed by atoms with Gasteiger partial charge in [0.2, 0.25) is 11.8 Å². The molecule has 0 radical (unpaired) electrons. The summed E-state index contributed by atoms with van der Waals surface area (Å²) in [4.78, 5) is 27.9. The van der Waals surface area contributed by atoms with Crippen LogP contribution < -0.4 is 10.8 Å². The van der Waals surface area contributed by atoms with Crippen LogP contribution in [0.3, 0.4) is 0 Å². The van der Waals surface area contributed by atoms with Crippen LogP contribution in [-0.4, -0.2) is 39.0 Å². The molecule has 1 aliphatic rings. The van der Waals surface area contributed by atoms with E-state index in [-0.39, 0.29) is 37.6 Å². The van der Waals surface area contributed by atoms with Crippen LogP contribution in [0.25, 0.3) is 11.1 Å². The average Bonchev–Trinajstić information content (AvgIpc) is 3.10. The maximum Gasteiger partial charge on any atom is 0.243 e. The first kappa shape index (κ1) is 32.3. The molecule has 5 rings (SSSR count). The van der Waals surface area contributed by atoms with Crippen LogP contribution in [0.1, 0.15) is 60.3 Å². The minimum atomic E-state index is -0.563. The third-order valence-electron chi connectivity index (χ3n) is 7.59. The Labute approximate surface area is 267 Å². The van der Waals surface area contributed by atoms with Crippen molar-refractivity contribution in [3.63, 3.8) is 0 Å². The zero-order valence-electron chi connectivity index (χ0n) is 24.8. The van der Waals surface area contributed by atoms with E-state index in [1.54, 1.807) is 23.4 Å². The third-order valence-corrected chi connectivity index (χ3v) is 8.67. The molecule has 10 heteroatoms. The van der Waals surface area contributed by atoms with Crippen LogP contribution in [0.4, 0.5) is 0 Å². The number of rotatable bonds is 13. The number of aliphatic hydroxyl groups is 1. The molecular formula is C35H37N3O6S. The maximum atomic E-state index is 12.3. The Bertz CT molecular complexity index is 1540. The molecule has 4 aromatic rings. The van der Waals surface area contributed by atoms with Gasteiger partial charge < -0.3 is 19.9 Å². The first-order chi connectivity index (χ1) is 22.0. The molecule has 234 valence electrons. The lowest BCUT2D eigenvalue weighted by Crippen LogP contribution is -2.31. The van der Waals surface area contributed by atoms with E-state index in [2.05, 4.69) is 10.3 Å². The number of carbonyl (C=O) groups excluding carboxylic acids is 2. The molecule has 0 bridgehead atoms. The Balaban J connectivity index is 1.27. The predicted molar refractivity (Wildman–Crippen MR) is 171 cm³/mol. The number of hydroxylamine groups is 1. The SMILES string of the molecule is O=C(CCCC(=O)NCc1ccccc1-c1ccc([C@@H]2O[C@H](CSc3ccccn3)C[C@H](c3ccc(CO)cc3)O2)cc1)NO. The molecular weight excluding hydrogens is 590 g/mol. The Kier molecular flexibility index (Phi) is 11.7. The molecule has 45 heavy (non-hydrogen) atoms. The Morgan fingerprint density at radius 2 is 1.60 bits per heavy atom. The molecule has 1 aromatic heterocycles. The van der Waals surface area contributed by atoms with Crippen molar-refractivity contribution in [2.24, 2.45) is 0 Å². The van der Waals surface area contributed by atoms with Gasteiger partial charge in [-0.2, -0.15) is 0 Å². The summed E-state index contributed by atoms with van der Waals surface area (Å²) in [7, 11) is 0. The van der Waals surface area contributed by atoms with Crippen molar-refractivity contribution >= 4 is 23.6 Å². The standard InChI is InChI=1S/C35H37N3O6S/c39-22-24-11-13-26(14-12-24)31-20-29(23-45-34-10-3-4-19-36-34)43-35(44-31)27-17-15-25(16-18-27)30-7-2-1-6-28(30)21-37-32(40)8-5-9-33(41)38-42/h1-4,6-7,10-19,29,31,35,39,42H,5,8-9,20-23H2,(H,37,40)(H,38,41)/t29-,31+,35+/m0/s1. The molecule has 0 spiro atoms. The van der Waals surface area contributed by atoms with Crippen molar-refractivity contribution in [3.05, 3.63) is 119 Å². The van der Waals surface area contributed by atoms with E-state index in [0.717, 1.165) is 44.2 Å². The second-order valence-electron chi connectivity index (χ2n) is 10.8. The highest BCUT2D eigenvalue weighted by Crippen LogP contribution is 2.40. The van der Waals surface area contributed by atoms with Crippen LogP contribution in [0.5, 0.6) is 0 Å². The Morgan fingerprint density at radius 1 is 0.867 bits per heavy atom. The summed E-state index contributed by atoms with van der Waals surface area (Å²) in [5.41, 5.74) is 7.34. The molecule has 1 saturated heterocycles. The van der Waals surface area contributed by atoms with E-state index in [4.69, 9.17) is 14.7 Å². The van der Waals surface area contributed by atoms with Crippen molar-refractivity contribution in [3.8, 4) is 11.1 Å². The summed E-state index contributed by atoms with van der Waals surface area (Å²) in [6, 6.07) is 29.7. The highest BCUT2D eigenvalue weighted by molar-refractivity contribution is 7.99. The van der Waals surface area contributed by atoms with Crippen LogP contribution in [-0.2, 0) is 32.2 Å². The van der Waals surface area contributed by atoms with Gasteiger partial charge in [0.05, 0.1) is 23.8 Å². The van der Waals surface area contributed by atoms with Gasteiger partial charge in [-0.05, 0) is 46.4 Å². The number of amides is 2. The van der Waals surface area contributed by atoms with E-state index in [1.165, 1.54) is 0 Å². The van der Waals surface area contributed by atoms with Gasteiger partial charge in [-0.25, -0.2) is 10.5 Å². The molecule has 1 aliphatic heterocycles. The van der Waals surface area contributed by atoms with E-state index < -0.39 is 12.2 Å². The van der Waals surface area contributed by atoms with Crippen molar-refractivity contribution < 1.29 is 29.4 Å². The molecule has 4 N–H and O–H groups in total. The quantitative estimate of drug-likeness (QED) is 0.0823. The number of hydrogen-bond donors (Lipinski definition) is 4. The monoisotopic (exact) mass is 627 g/mol. The number of nitrogens with zero attached hydrogens (tertiary/aromatic N) is 1. The summed E-state index contributed by atoms with van der Waals surface area (Å²) < 4.78 is 13.0. The lowest BCUT2D eigenvalue weighted by molar-refractivity contribution is -0.245. The minimum absolute atomic E-state index is 0.00572. The fourth-order valence-electron chi connectivity index (χ4n) is 5.16. The van der Waals surface area contributed by atoms with Gasteiger partial charge in [0.1, 0.15) is 0 Å². The van der Waals surface area contributed by atoms with E-state index in [9.17, 15) is 14.7 Å². The Morgan fingerprint density at radius 3 is 2.33 bits per heavy atom. The van der Waals surface area contributed by atoms with E-state index >= 15 is 0 Å². The number of carbonyl (C=O) groups is 2. The molecule has 0 saturated carbocycles. The molecule has 2 heterocycles. The number of pyridine rings is 1. The van der Waals surface area contributed by atoms with Crippen LogP contribution in [0.2, 0.25) is 0 Å². The Hall–Kier alpha value is -4.06. The zero-order chi connectivity index (χ0) is 31.4.